The van der Waals surface area contributed by atoms with Crippen molar-refractivity contribution in [2.45, 2.75) is 25.9 Å². The Labute approximate surface area is 170 Å². The van der Waals surface area contributed by atoms with Crippen LogP contribution in [0.4, 0.5) is 5.69 Å². The van der Waals surface area contributed by atoms with Crippen molar-refractivity contribution in [2.75, 3.05) is 5.32 Å². The van der Waals surface area contributed by atoms with E-state index in [1.54, 1.807) is 31.2 Å². The van der Waals surface area contributed by atoms with Crippen molar-refractivity contribution in [1.29, 1.82) is 0 Å². The molecule has 0 bridgehead atoms. The fraction of sp³-hybridized carbons (Fsp3) is 0.167. The van der Waals surface area contributed by atoms with Crippen LogP contribution in [0.2, 0.25) is 0 Å². The Balaban J connectivity index is 1.45. The van der Waals surface area contributed by atoms with Crippen LogP contribution >= 0.6 is 0 Å². The predicted octanol–water partition coefficient (Wildman–Crippen LogP) is 4.98. The topological polar surface area (TPSA) is 64.6 Å². The van der Waals surface area contributed by atoms with E-state index in [1.807, 2.05) is 60.7 Å². The van der Waals surface area contributed by atoms with Crippen LogP contribution in [0.5, 0.6) is 11.5 Å². The van der Waals surface area contributed by atoms with Gasteiger partial charge in [-0.25, -0.2) is 0 Å². The lowest BCUT2D eigenvalue weighted by Crippen LogP contribution is -2.30. The number of para-hydroxylation sites is 1. The highest BCUT2D eigenvalue weighted by Crippen LogP contribution is 2.22. The summed E-state index contributed by atoms with van der Waals surface area (Å²) in [5.41, 5.74) is 1.65. The Hall–Kier alpha value is -3.60. The maximum absolute atomic E-state index is 12.3. The number of hydrogen-bond acceptors (Lipinski definition) is 4. The zero-order valence-electron chi connectivity index (χ0n) is 16.2. The SMILES string of the molecule is CC(OC(=O)CCc1ccccc1)C(=O)Nc1ccc(Oc2ccccc2)cc1. The summed E-state index contributed by atoms with van der Waals surface area (Å²) in [7, 11) is 0. The average molecular weight is 389 g/mol. The second-order valence-electron chi connectivity index (χ2n) is 6.55. The van der Waals surface area contributed by atoms with Gasteiger partial charge in [0.1, 0.15) is 11.5 Å². The third-order valence-electron chi connectivity index (χ3n) is 4.24. The molecule has 0 heterocycles. The fourth-order valence-electron chi connectivity index (χ4n) is 2.68. The van der Waals surface area contributed by atoms with E-state index in [9.17, 15) is 9.59 Å². The number of esters is 1. The summed E-state index contributed by atoms with van der Waals surface area (Å²) in [6.45, 7) is 1.56. The van der Waals surface area contributed by atoms with Crippen LogP contribution in [0.15, 0.2) is 84.9 Å². The molecule has 0 saturated heterocycles. The molecule has 3 aromatic rings. The minimum absolute atomic E-state index is 0.229. The highest BCUT2D eigenvalue weighted by molar-refractivity contribution is 5.95. The summed E-state index contributed by atoms with van der Waals surface area (Å²) >= 11 is 0. The van der Waals surface area contributed by atoms with E-state index in [4.69, 9.17) is 9.47 Å². The highest BCUT2D eigenvalue weighted by Gasteiger charge is 2.18. The molecule has 5 nitrogen and oxygen atoms in total. The zero-order chi connectivity index (χ0) is 20.5. The molecule has 0 fully saturated rings. The largest absolute Gasteiger partial charge is 0.457 e. The molecule has 3 rings (SSSR count). The number of nitrogens with one attached hydrogen (secondary N) is 1. The zero-order valence-corrected chi connectivity index (χ0v) is 16.2. The summed E-state index contributed by atoms with van der Waals surface area (Å²) in [6, 6.07) is 26.1. The quantitative estimate of drug-likeness (QED) is 0.552. The van der Waals surface area contributed by atoms with E-state index in [1.165, 1.54) is 0 Å². The van der Waals surface area contributed by atoms with Crippen molar-refractivity contribution >= 4 is 17.6 Å². The minimum atomic E-state index is -0.876. The van der Waals surface area contributed by atoms with Gasteiger partial charge in [0.15, 0.2) is 6.10 Å². The fourth-order valence-corrected chi connectivity index (χ4v) is 2.68. The van der Waals surface area contributed by atoms with E-state index < -0.39 is 12.1 Å². The molecule has 0 aromatic heterocycles. The van der Waals surface area contributed by atoms with Crippen molar-refractivity contribution < 1.29 is 19.1 Å². The number of rotatable bonds is 8. The Morgan fingerprint density at radius 2 is 1.41 bits per heavy atom. The second-order valence-corrected chi connectivity index (χ2v) is 6.55. The molecule has 0 spiro atoms. The molecule has 148 valence electrons. The predicted molar refractivity (Wildman–Crippen MR) is 112 cm³/mol. The van der Waals surface area contributed by atoms with Gasteiger partial charge < -0.3 is 14.8 Å². The highest BCUT2D eigenvalue weighted by atomic mass is 16.5. The Morgan fingerprint density at radius 3 is 2.07 bits per heavy atom. The molecule has 0 aliphatic carbocycles. The lowest BCUT2D eigenvalue weighted by atomic mass is 10.1. The second kappa shape index (κ2) is 10.1. The van der Waals surface area contributed by atoms with E-state index in [-0.39, 0.29) is 12.3 Å². The standard InChI is InChI=1S/C24H23NO4/c1-18(28-23(26)17-12-19-8-4-2-5-9-19)24(27)25-20-13-15-22(16-14-20)29-21-10-6-3-7-11-21/h2-11,13-16,18H,12,17H2,1H3,(H,25,27). The number of hydrogen-bond donors (Lipinski definition) is 1. The maximum Gasteiger partial charge on any atom is 0.306 e. The van der Waals surface area contributed by atoms with Crippen molar-refractivity contribution in [2.24, 2.45) is 0 Å². The first-order chi connectivity index (χ1) is 14.1. The Bertz CT molecular complexity index is 924. The Morgan fingerprint density at radius 1 is 0.828 bits per heavy atom. The smallest absolute Gasteiger partial charge is 0.306 e. The molecular weight excluding hydrogens is 366 g/mol. The number of ether oxygens (including phenoxy) is 2. The molecule has 1 atom stereocenters. The summed E-state index contributed by atoms with van der Waals surface area (Å²) in [5, 5.41) is 2.74. The summed E-state index contributed by atoms with van der Waals surface area (Å²) < 4.78 is 11.0. The molecule has 0 aliphatic rings. The van der Waals surface area contributed by atoms with Crippen molar-refractivity contribution in [1.82, 2.24) is 0 Å². The summed E-state index contributed by atoms with van der Waals surface area (Å²) in [5.74, 6) is 0.618. The molecule has 1 unspecified atom stereocenters. The van der Waals surface area contributed by atoms with Gasteiger partial charge in [-0.1, -0.05) is 48.5 Å². The van der Waals surface area contributed by atoms with Gasteiger partial charge >= 0.3 is 5.97 Å². The van der Waals surface area contributed by atoms with Gasteiger partial charge in [-0.2, -0.15) is 0 Å². The third kappa shape index (κ3) is 6.50. The van der Waals surface area contributed by atoms with E-state index in [0.29, 0.717) is 17.9 Å². The first kappa shape index (κ1) is 20.1. The van der Waals surface area contributed by atoms with Crippen LogP contribution in [0.3, 0.4) is 0 Å². The van der Waals surface area contributed by atoms with Gasteiger partial charge in [-0.15, -0.1) is 0 Å². The van der Waals surface area contributed by atoms with Crippen LogP contribution < -0.4 is 10.1 Å². The molecule has 1 N–H and O–H groups in total. The summed E-state index contributed by atoms with van der Waals surface area (Å²) in [4.78, 5) is 24.3. The number of anilines is 1. The van der Waals surface area contributed by atoms with E-state index in [2.05, 4.69) is 5.32 Å². The van der Waals surface area contributed by atoms with Crippen molar-refractivity contribution in [3.63, 3.8) is 0 Å². The first-order valence-corrected chi connectivity index (χ1v) is 9.47. The number of aryl methyl sites for hydroxylation is 1. The number of amides is 1. The van der Waals surface area contributed by atoms with E-state index in [0.717, 1.165) is 11.3 Å². The van der Waals surface area contributed by atoms with Gasteiger partial charge in [0.2, 0.25) is 0 Å². The molecule has 3 aromatic carbocycles. The third-order valence-corrected chi connectivity index (χ3v) is 4.24. The van der Waals surface area contributed by atoms with Gasteiger partial charge in [-0.3, -0.25) is 9.59 Å². The molecule has 0 aliphatic heterocycles. The van der Waals surface area contributed by atoms with Gasteiger partial charge in [-0.05, 0) is 55.3 Å². The monoisotopic (exact) mass is 389 g/mol. The van der Waals surface area contributed by atoms with Gasteiger partial charge in [0.05, 0.1) is 0 Å². The molecular formula is C24H23NO4. The molecule has 1 amide bonds. The minimum Gasteiger partial charge on any atom is -0.457 e. The van der Waals surface area contributed by atoms with Crippen LogP contribution in [0, 0.1) is 0 Å². The lowest BCUT2D eigenvalue weighted by molar-refractivity contribution is -0.153. The number of carbonyl (C=O) groups excluding carboxylic acids is 2. The molecule has 29 heavy (non-hydrogen) atoms. The number of benzene rings is 3. The summed E-state index contributed by atoms with van der Waals surface area (Å²) in [6.07, 6.45) is -0.0668. The average Bonchev–Trinajstić information content (AvgIpc) is 2.75. The number of carbonyl (C=O) groups is 2. The van der Waals surface area contributed by atoms with Crippen molar-refractivity contribution in [3.05, 3.63) is 90.5 Å². The van der Waals surface area contributed by atoms with Gasteiger partial charge in [0.25, 0.3) is 5.91 Å². The van der Waals surface area contributed by atoms with E-state index >= 15 is 0 Å². The molecule has 0 saturated carbocycles. The molecule has 0 radical (unpaired) electrons. The van der Waals surface area contributed by atoms with Crippen LogP contribution in [0.1, 0.15) is 18.9 Å². The molecule has 5 heteroatoms. The van der Waals surface area contributed by atoms with Crippen LogP contribution in [-0.4, -0.2) is 18.0 Å². The maximum atomic E-state index is 12.3. The normalized spacial score (nSPS) is 11.3. The first-order valence-electron chi connectivity index (χ1n) is 9.47. The van der Waals surface area contributed by atoms with Gasteiger partial charge in [0, 0.05) is 12.1 Å². The van der Waals surface area contributed by atoms with Crippen molar-refractivity contribution in [3.8, 4) is 11.5 Å². The lowest BCUT2D eigenvalue weighted by Gasteiger charge is -2.14. The van der Waals surface area contributed by atoms with Crippen LogP contribution in [0.25, 0.3) is 0 Å². The van der Waals surface area contributed by atoms with Crippen LogP contribution in [-0.2, 0) is 20.7 Å². The Kier molecular flexibility index (Phi) is 7.00.